The smallest absolute Gasteiger partial charge is 0.291 e. The van der Waals surface area contributed by atoms with E-state index in [-0.39, 0.29) is 11.7 Å². The third-order valence-corrected chi connectivity index (χ3v) is 4.76. The summed E-state index contributed by atoms with van der Waals surface area (Å²) in [5, 5.41) is 11.3. The lowest BCUT2D eigenvalue weighted by atomic mass is 10.1. The monoisotopic (exact) mass is 379 g/mol. The van der Waals surface area contributed by atoms with Crippen LogP contribution in [0.1, 0.15) is 29.0 Å². The van der Waals surface area contributed by atoms with E-state index in [1.54, 1.807) is 28.7 Å². The number of carbonyl (C=O) groups is 2. The highest BCUT2D eigenvalue weighted by Gasteiger charge is 2.29. The van der Waals surface area contributed by atoms with Gasteiger partial charge in [0.15, 0.2) is 0 Å². The number of rotatable bonds is 4. The van der Waals surface area contributed by atoms with Crippen LogP contribution >= 0.6 is 0 Å². The zero-order chi connectivity index (χ0) is 19.5. The maximum atomic E-state index is 12.8. The lowest BCUT2D eigenvalue weighted by Gasteiger charge is -2.27. The fraction of sp³-hybridized carbons (Fsp3) is 0.316. The quantitative estimate of drug-likeness (QED) is 0.731. The Balaban J connectivity index is 1.44. The minimum Gasteiger partial charge on any atom is -0.337 e. The molecule has 1 aliphatic heterocycles. The van der Waals surface area contributed by atoms with Gasteiger partial charge in [-0.15, -0.1) is 5.10 Å². The number of nitrogens with zero attached hydrogens (tertiary/aromatic N) is 6. The normalized spacial score (nSPS) is 17.0. The van der Waals surface area contributed by atoms with Crippen LogP contribution in [-0.2, 0) is 17.9 Å². The van der Waals surface area contributed by atoms with Gasteiger partial charge in [-0.2, -0.15) is 5.10 Å². The van der Waals surface area contributed by atoms with E-state index in [0.29, 0.717) is 25.3 Å². The van der Waals surface area contributed by atoms with Crippen molar-refractivity contribution in [2.24, 2.45) is 0 Å². The predicted octanol–water partition coefficient (Wildman–Crippen LogP) is 1.08. The molecule has 0 spiro atoms. The number of benzene rings is 1. The van der Waals surface area contributed by atoms with Gasteiger partial charge in [-0.25, -0.2) is 14.3 Å². The molecule has 144 valence electrons. The number of aryl methyl sites for hydroxylation is 1. The zero-order valence-corrected chi connectivity index (χ0v) is 15.5. The minimum atomic E-state index is -0.623. The molecule has 2 amide bonds. The van der Waals surface area contributed by atoms with Gasteiger partial charge in [0, 0.05) is 19.7 Å². The Labute approximate surface area is 162 Å². The highest BCUT2D eigenvalue weighted by molar-refractivity contribution is 6.00. The van der Waals surface area contributed by atoms with Crippen molar-refractivity contribution in [2.45, 2.75) is 32.0 Å². The van der Waals surface area contributed by atoms with Gasteiger partial charge in [0.1, 0.15) is 18.2 Å². The fourth-order valence-corrected chi connectivity index (χ4v) is 3.30. The van der Waals surface area contributed by atoms with Crippen molar-refractivity contribution in [3.8, 4) is 0 Å². The van der Waals surface area contributed by atoms with Gasteiger partial charge in [0.05, 0.1) is 12.7 Å². The number of fused-ring (bicyclic) bond motifs is 1. The number of anilines is 1. The van der Waals surface area contributed by atoms with Gasteiger partial charge in [-0.3, -0.25) is 14.5 Å². The van der Waals surface area contributed by atoms with Gasteiger partial charge in [0.2, 0.25) is 11.7 Å². The summed E-state index contributed by atoms with van der Waals surface area (Å²) in [5.41, 5.74) is 1.06. The molecule has 3 aromatic rings. The molecule has 9 nitrogen and oxygen atoms in total. The van der Waals surface area contributed by atoms with E-state index < -0.39 is 11.9 Å². The Morgan fingerprint density at radius 2 is 2.07 bits per heavy atom. The van der Waals surface area contributed by atoms with Crippen LogP contribution in [0.15, 0.2) is 48.9 Å². The molecule has 0 aliphatic carbocycles. The molecular formula is C19H21N7O2. The summed E-state index contributed by atoms with van der Waals surface area (Å²) in [6.45, 7) is 1.21. The Kier molecular flexibility index (Phi) is 4.88. The Bertz CT molecular complexity index is 979. The van der Waals surface area contributed by atoms with Crippen LogP contribution in [0.4, 0.5) is 5.82 Å². The maximum Gasteiger partial charge on any atom is 0.291 e. The number of aromatic nitrogens is 5. The molecular weight excluding hydrogens is 358 g/mol. The Morgan fingerprint density at radius 3 is 2.89 bits per heavy atom. The second kappa shape index (κ2) is 7.63. The molecule has 0 radical (unpaired) electrons. The fourth-order valence-electron chi connectivity index (χ4n) is 3.30. The summed E-state index contributed by atoms with van der Waals surface area (Å²) in [4.78, 5) is 31.0. The number of likely N-dealkylation sites (N-methyl/N-ethyl adjacent to an activating group) is 1. The number of hydrogen-bond donors (Lipinski definition) is 1. The van der Waals surface area contributed by atoms with Crippen LogP contribution in [0.2, 0.25) is 0 Å². The van der Waals surface area contributed by atoms with Gasteiger partial charge in [-0.05, 0) is 18.4 Å². The molecule has 9 heteroatoms. The SMILES string of the molecule is CN1C(=O)C(NC(=O)c2ncn(Cc3ccccc3)n2)CCCn2nccc21. The molecule has 0 fully saturated rings. The summed E-state index contributed by atoms with van der Waals surface area (Å²) in [6.07, 6.45) is 4.45. The van der Waals surface area contributed by atoms with Crippen LogP contribution in [0.5, 0.6) is 0 Å². The Hall–Kier alpha value is -3.49. The van der Waals surface area contributed by atoms with Crippen molar-refractivity contribution in [3.63, 3.8) is 0 Å². The van der Waals surface area contributed by atoms with Crippen molar-refractivity contribution in [3.05, 3.63) is 60.3 Å². The molecule has 1 aliphatic rings. The van der Waals surface area contributed by atoms with Crippen LogP contribution in [-0.4, -0.2) is 49.4 Å². The van der Waals surface area contributed by atoms with Crippen molar-refractivity contribution in [1.82, 2.24) is 29.9 Å². The third kappa shape index (κ3) is 3.64. The summed E-state index contributed by atoms with van der Waals surface area (Å²) in [7, 11) is 1.69. The van der Waals surface area contributed by atoms with Gasteiger partial charge >= 0.3 is 0 Å². The molecule has 4 rings (SSSR count). The summed E-state index contributed by atoms with van der Waals surface area (Å²) in [6, 6.07) is 11.0. The first-order valence-corrected chi connectivity index (χ1v) is 9.15. The first-order chi connectivity index (χ1) is 13.6. The van der Waals surface area contributed by atoms with Crippen molar-refractivity contribution in [2.75, 3.05) is 11.9 Å². The predicted molar refractivity (Wildman–Crippen MR) is 102 cm³/mol. The molecule has 1 N–H and O–H groups in total. The third-order valence-electron chi connectivity index (χ3n) is 4.76. The summed E-state index contributed by atoms with van der Waals surface area (Å²) < 4.78 is 3.40. The highest BCUT2D eigenvalue weighted by atomic mass is 16.2. The first-order valence-electron chi connectivity index (χ1n) is 9.15. The largest absolute Gasteiger partial charge is 0.337 e. The summed E-state index contributed by atoms with van der Waals surface area (Å²) in [5.74, 6) is 0.138. The lowest BCUT2D eigenvalue weighted by Crippen LogP contribution is -2.49. The molecule has 0 saturated carbocycles. The van der Waals surface area contributed by atoms with Crippen LogP contribution in [0, 0.1) is 0 Å². The van der Waals surface area contributed by atoms with E-state index >= 15 is 0 Å². The number of carbonyl (C=O) groups excluding carboxylic acids is 2. The van der Waals surface area contributed by atoms with Crippen LogP contribution in [0.25, 0.3) is 0 Å². The topological polar surface area (TPSA) is 97.9 Å². The molecule has 1 unspecified atom stereocenters. The Morgan fingerprint density at radius 1 is 1.25 bits per heavy atom. The van der Waals surface area contributed by atoms with E-state index in [4.69, 9.17) is 0 Å². The van der Waals surface area contributed by atoms with Crippen LogP contribution in [0.3, 0.4) is 0 Å². The van der Waals surface area contributed by atoms with Gasteiger partial charge in [-0.1, -0.05) is 30.3 Å². The molecule has 1 atom stereocenters. The number of amides is 2. The molecule has 1 aromatic carbocycles. The molecule has 0 saturated heterocycles. The van der Waals surface area contributed by atoms with Crippen molar-refractivity contribution < 1.29 is 9.59 Å². The molecule has 28 heavy (non-hydrogen) atoms. The first kappa shape index (κ1) is 17.9. The second-order valence-electron chi connectivity index (χ2n) is 6.73. The molecule has 2 aromatic heterocycles. The van der Waals surface area contributed by atoms with Gasteiger partial charge in [0.25, 0.3) is 5.91 Å². The van der Waals surface area contributed by atoms with Crippen molar-refractivity contribution in [1.29, 1.82) is 0 Å². The average Bonchev–Trinajstić information content (AvgIpc) is 3.35. The molecule has 0 bridgehead atoms. The van der Waals surface area contributed by atoms with E-state index in [9.17, 15) is 9.59 Å². The standard InChI is InChI=1S/C19H21N7O2/c1-24-16-9-10-21-26(16)11-5-8-15(19(24)28)22-18(27)17-20-13-25(23-17)12-14-6-3-2-4-7-14/h2-4,6-7,9-10,13,15H,5,8,11-12H2,1H3,(H,22,27). The number of nitrogens with one attached hydrogen (secondary N) is 1. The maximum absolute atomic E-state index is 12.8. The van der Waals surface area contributed by atoms with E-state index in [1.165, 1.54) is 11.2 Å². The van der Waals surface area contributed by atoms with E-state index in [2.05, 4.69) is 20.5 Å². The second-order valence-corrected chi connectivity index (χ2v) is 6.73. The van der Waals surface area contributed by atoms with E-state index in [1.807, 2.05) is 30.3 Å². The van der Waals surface area contributed by atoms with Gasteiger partial charge < -0.3 is 5.32 Å². The highest BCUT2D eigenvalue weighted by Crippen LogP contribution is 2.18. The molecule has 3 heterocycles. The van der Waals surface area contributed by atoms with Crippen LogP contribution < -0.4 is 10.2 Å². The lowest BCUT2D eigenvalue weighted by molar-refractivity contribution is -0.120. The van der Waals surface area contributed by atoms with Crippen molar-refractivity contribution >= 4 is 17.6 Å². The minimum absolute atomic E-state index is 0.0542. The summed E-state index contributed by atoms with van der Waals surface area (Å²) >= 11 is 0. The number of hydrogen-bond acceptors (Lipinski definition) is 5. The van der Waals surface area contributed by atoms with E-state index in [0.717, 1.165) is 12.0 Å². The average molecular weight is 379 g/mol. The zero-order valence-electron chi connectivity index (χ0n) is 15.5.